The maximum absolute atomic E-state index is 12.7. The number of benzene rings is 1. The van der Waals surface area contributed by atoms with Crippen LogP contribution in [-0.2, 0) is 12.6 Å². The van der Waals surface area contributed by atoms with Crippen LogP contribution in [0.5, 0.6) is 0 Å². The van der Waals surface area contributed by atoms with E-state index in [0.717, 1.165) is 12.5 Å². The molecule has 0 aliphatic carbocycles. The van der Waals surface area contributed by atoms with Crippen LogP contribution < -0.4 is 11.3 Å². The van der Waals surface area contributed by atoms with Crippen molar-refractivity contribution < 1.29 is 13.2 Å². The Labute approximate surface area is 127 Å². The molecule has 0 radical (unpaired) electrons. The standard InChI is InChI=1S/C15H21F3N2S/c16-15(17,18)13-3-1-2-12(8-13)10-14(20-19)9-11-4-6-21-7-5-11/h1-3,8,11,14,20H,4-7,9-10,19H2. The summed E-state index contributed by atoms with van der Waals surface area (Å²) >= 11 is 1.97. The highest BCUT2D eigenvalue weighted by atomic mass is 32.2. The van der Waals surface area contributed by atoms with Gasteiger partial charge in [0, 0.05) is 6.04 Å². The van der Waals surface area contributed by atoms with Crippen molar-refractivity contribution in [2.24, 2.45) is 11.8 Å². The molecule has 1 fully saturated rings. The quantitative estimate of drug-likeness (QED) is 0.643. The molecular formula is C15H21F3N2S. The molecule has 1 atom stereocenters. The number of rotatable bonds is 5. The first-order valence-corrected chi connectivity index (χ1v) is 8.34. The van der Waals surface area contributed by atoms with Gasteiger partial charge in [-0.25, -0.2) is 0 Å². The molecule has 1 heterocycles. The van der Waals surface area contributed by atoms with Crippen molar-refractivity contribution in [3.05, 3.63) is 35.4 Å². The topological polar surface area (TPSA) is 38.0 Å². The minimum atomic E-state index is -4.29. The molecule has 1 aromatic carbocycles. The predicted molar refractivity (Wildman–Crippen MR) is 80.9 cm³/mol. The summed E-state index contributed by atoms with van der Waals surface area (Å²) in [6.45, 7) is 0. The third-order valence-corrected chi connectivity index (χ3v) is 4.98. The molecule has 0 amide bonds. The van der Waals surface area contributed by atoms with Crippen LogP contribution in [0.1, 0.15) is 30.4 Å². The van der Waals surface area contributed by atoms with Crippen molar-refractivity contribution in [3.8, 4) is 0 Å². The van der Waals surface area contributed by atoms with Crippen molar-refractivity contribution >= 4 is 11.8 Å². The highest BCUT2D eigenvalue weighted by Crippen LogP contribution is 2.30. The van der Waals surface area contributed by atoms with E-state index in [4.69, 9.17) is 5.84 Å². The number of hydrogen-bond acceptors (Lipinski definition) is 3. The van der Waals surface area contributed by atoms with E-state index >= 15 is 0 Å². The third-order valence-electron chi connectivity index (χ3n) is 3.93. The number of alkyl halides is 3. The molecule has 1 saturated heterocycles. The van der Waals surface area contributed by atoms with E-state index in [1.807, 2.05) is 11.8 Å². The molecular weight excluding hydrogens is 297 g/mol. The van der Waals surface area contributed by atoms with Crippen molar-refractivity contribution in [3.63, 3.8) is 0 Å². The predicted octanol–water partition coefficient (Wildman–Crippen LogP) is 3.61. The number of nitrogens with two attached hydrogens (primary N) is 1. The van der Waals surface area contributed by atoms with Gasteiger partial charge in [-0.1, -0.05) is 18.2 Å². The average molecular weight is 318 g/mol. The molecule has 0 aromatic heterocycles. The zero-order valence-electron chi connectivity index (χ0n) is 11.8. The summed E-state index contributed by atoms with van der Waals surface area (Å²) in [5.74, 6) is 8.55. The number of thioether (sulfide) groups is 1. The Kier molecular flexibility index (Phi) is 5.96. The molecule has 1 aliphatic rings. The second kappa shape index (κ2) is 7.51. The molecule has 21 heavy (non-hydrogen) atoms. The van der Waals surface area contributed by atoms with Crippen molar-refractivity contribution in [1.29, 1.82) is 0 Å². The van der Waals surface area contributed by atoms with Gasteiger partial charge < -0.3 is 0 Å². The molecule has 6 heteroatoms. The third kappa shape index (κ3) is 5.20. The van der Waals surface area contributed by atoms with Gasteiger partial charge in [-0.2, -0.15) is 24.9 Å². The van der Waals surface area contributed by atoms with E-state index < -0.39 is 11.7 Å². The zero-order valence-corrected chi connectivity index (χ0v) is 12.6. The Morgan fingerprint density at radius 3 is 2.62 bits per heavy atom. The SMILES string of the molecule is NNC(Cc1cccc(C(F)(F)F)c1)CC1CCSCC1. The first kappa shape index (κ1) is 16.6. The van der Waals surface area contributed by atoms with E-state index in [1.54, 1.807) is 6.07 Å². The van der Waals surface area contributed by atoms with E-state index in [1.165, 1.54) is 36.5 Å². The lowest BCUT2D eigenvalue weighted by atomic mass is 9.91. The van der Waals surface area contributed by atoms with Gasteiger partial charge in [-0.05, 0) is 54.7 Å². The molecule has 1 aliphatic heterocycles. The fourth-order valence-corrected chi connectivity index (χ4v) is 3.96. The fraction of sp³-hybridized carbons (Fsp3) is 0.600. The molecule has 1 aromatic rings. The second-order valence-electron chi connectivity index (χ2n) is 5.56. The van der Waals surface area contributed by atoms with Crippen LogP contribution >= 0.6 is 11.8 Å². The van der Waals surface area contributed by atoms with E-state index in [0.29, 0.717) is 17.9 Å². The largest absolute Gasteiger partial charge is 0.416 e. The van der Waals surface area contributed by atoms with E-state index in [9.17, 15) is 13.2 Å². The fourth-order valence-electron chi connectivity index (χ4n) is 2.75. The van der Waals surface area contributed by atoms with Gasteiger partial charge in [0.1, 0.15) is 0 Å². The summed E-state index contributed by atoms with van der Waals surface area (Å²) in [6.07, 6.45) is -0.490. The number of nitrogens with one attached hydrogen (secondary N) is 1. The van der Waals surface area contributed by atoms with Gasteiger partial charge in [-0.15, -0.1) is 0 Å². The Balaban J connectivity index is 1.97. The summed E-state index contributed by atoms with van der Waals surface area (Å²) in [4.78, 5) is 0. The van der Waals surface area contributed by atoms with Crippen LogP contribution in [0.4, 0.5) is 13.2 Å². The van der Waals surface area contributed by atoms with Gasteiger partial charge in [0.05, 0.1) is 5.56 Å². The molecule has 0 saturated carbocycles. The van der Waals surface area contributed by atoms with Crippen LogP contribution in [0, 0.1) is 5.92 Å². The van der Waals surface area contributed by atoms with Crippen LogP contribution in [0.15, 0.2) is 24.3 Å². The Morgan fingerprint density at radius 1 is 1.29 bits per heavy atom. The molecule has 1 unspecified atom stereocenters. The molecule has 2 nitrogen and oxygen atoms in total. The van der Waals surface area contributed by atoms with Crippen molar-refractivity contribution in [2.45, 2.75) is 37.9 Å². The van der Waals surface area contributed by atoms with Crippen molar-refractivity contribution in [2.75, 3.05) is 11.5 Å². The summed E-state index contributed by atoms with van der Waals surface area (Å²) in [7, 11) is 0. The maximum atomic E-state index is 12.7. The average Bonchev–Trinajstić information content (AvgIpc) is 2.47. The lowest BCUT2D eigenvalue weighted by Crippen LogP contribution is -2.38. The summed E-state index contributed by atoms with van der Waals surface area (Å²) in [5, 5.41) is 0. The number of halogens is 3. The molecule has 0 spiro atoms. The molecule has 118 valence electrons. The first-order chi connectivity index (χ1) is 9.99. The van der Waals surface area contributed by atoms with Gasteiger partial charge in [0.15, 0.2) is 0 Å². The molecule has 0 bridgehead atoms. The monoisotopic (exact) mass is 318 g/mol. The first-order valence-electron chi connectivity index (χ1n) is 7.19. The maximum Gasteiger partial charge on any atom is 0.416 e. The highest BCUT2D eigenvalue weighted by molar-refractivity contribution is 7.99. The van der Waals surface area contributed by atoms with Gasteiger partial charge in [-0.3, -0.25) is 11.3 Å². The van der Waals surface area contributed by atoms with Crippen LogP contribution in [-0.4, -0.2) is 17.5 Å². The lowest BCUT2D eigenvalue weighted by molar-refractivity contribution is -0.137. The highest BCUT2D eigenvalue weighted by Gasteiger charge is 2.30. The van der Waals surface area contributed by atoms with Gasteiger partial charge in [0.2, 0.25) is 0 Å². The van der Waals surface area contributed by atoms with Crippen LogP contribution in [0.2, 0.25) is 0 Å². The number of hydrazine groups is 1. The van der Waals surface area contributed by atoms with Gasteiger partial charge >= 0.3 is 6.18 Å². The lowest BCUT2D eigenvalue weighted by Gasteiger charge is -2.26. The Bertz CT molecular complexity index is 445. The minimum absolute atomic E-state index is 0.0292. The normalized spacial score (nSPS) is 18.7. The van der Waals surface area contributed by atoms with Crippen LogP contribution in [0.3, 0.4) is 0 Å². The Morgan fingerprint density at radius 2 is 2.00 bits per heavy atom. The molecule has 3 N–H and O–H groups in total. The minimum Gasteiger partial charge on any atom is -0.271 e. The van der Waals surface area contributed by atoms with Gasteiger partial charge in [0.25, 0.3) is 0 Å². The summed E-state index contributed by atoms with van der Waals surface area (Å²) < 4.78 is 38.2. The second-order valence-corrected chi connectivity index (χ2v) is 6.78. The smallest absolute Gasteiger partial charge is 0.271 e. The molecule has 2 rings (SSSR count). The Hall–Kier alpha value is -0.720. The van der Waals surface area contributed by atoms with Crippen molar-refractivity contribution in [1.82, 2.24) is 5.43 Å². The summed E-state index contributed by atoms with van der Waals surface area (Å²) in [5.41, 5.74) is 2.85. The number of hydrogen-bond donors (Lipinski definition) is 2. The van der Waals surface area contributed by atoms with E-state index in [-0.39, 0.29) is 6.04 Å². The summed E-state index contributed by atoms with van der Waals surface area (Å²) in [6, 6.07) is 5.55. The zero-order chi connectivity index (χ0) is 15.3. The van der Waals surface area contributed by atoms with E-state index in [2.05, 4.69) is 5.43 Å². The van der Waals surface area contributed by atoms with Crippen LogP contribution in [0.25, 0.3) is 0 Å².